The van der Waals surface area contributed by atoms with E-state index < -0.39 is 5.97 Å². The highest BCUT2D eigenvalue weighted by Gasteiger charge is 1.97. The van der Waals surface area contributed by atoms with E-state index in [0.29, 0.717) is 6.42 Å². The summed E-state index contributed by atoms with van der Waals surface area (Å²) in [5.74, 6) is 4.63. The number of hydrogen-bond donors (Lipinski definition) is 0. The van der Waals surface area contributed by atoms with Crippen molar-refractivity contribution in [1.29, 1.82) is 0 Å². The van der Waals surface area contributed by atoms with Gasteiger partial charge in [-0.3, -0.25) is 0 Å². The lowest BCUT2D eigenvalue weighted by molar-refractivity contribution is -0.170. The summed E-state index contributed by atoms with van der Waals surface area (Å²) in [4.78, 5) is 15.7. The topological polar surface area (TPSA) is 29.5 Å². The molecule has 0 fully saturated rings. The fourth-order valence-electron chi connectivity index (χ4n) is 1.00. The third-order valence-electron chi connectivity index (χ3n) is 1.59. The Morgan fingerprint density at radius 1 is 1.33 bits per heavy atom. The van der Waals surface area contributed by atoms with Gasteiger partial charge in [0.05, 0.1) is 0 Å². The molecule has 0 saturated heterocycles. The SMILES string of the molecule is CN(C)OC(=O)C#CCc1ccccc1. The zero-order chi connectivity index (χ0) is 11.1. The average Bonchev–Trinajstić information content (AvgIpc) is 2.18. The molecule has 0 heterocycles. The molecule has 0 saturated carbocycles. The van der Waals surface area contributed by atoms with Crippen LogP contribution in [0.5, 0.6) is 0 Å². The zero-order valence-corrected chi connectivity index (χ0v) is 8.86. The highest BCUT2D eigenvalue weighted by molar-refractivity contribution is 5.88. The molecule has 1 aromatic rings. The van der Waals surface area contributed by atoms with Crippen LogP contribution in [0.2, 0.25) is 0 Å². The largest absolute Gasteiger partial charge is 0.403 e. The van der Waals surface area contributed by atoms with Crippen LogP contribution in [0, 0.1) is 11.8 Å². The van der Waals surface area contributed by atoms with Crippen LogP contribution in [-0.2, 0) is 16.1 Å². The quantitative estimate of drug-likeness (QED) is 0.535. The van der Waals surface area contributed by atoms with E-state index in [1.165, 1.54) is 5.06 Å². The minimum Gasteiger partial charge on any atom is -0.358 e. The fraction of sp³-hybridized carbons (Fsp3) is 0.250. The fourth-order valence-corrected chi connectivity index (χ4v) is 1.00. The maximum absolute atomic E-state index is 11.0. The van der Waals surface area contributed by atoms with Crippen LogP contribution in [0.4, 0.5) is 0 Å². The molecule has 0 aromatic heterocycles. The molecular formula is C12H13NO2. The number of benzene rings is 1. The van der Waals surface area contributed by atoms with Crippen LogP contribution in [0.1, 0.15) is 5.56 Å². The van der Waals surface area contributed by atoms with E-state index in [1.54, 1.807) is 14.1 Å². The number of rotatable bonds is 2. The first-order valence-corrected chi connectivity index (χ1v) is 4.60. The second-order valence-corrected chi connectivity index (χ2v) is 3.16. The van der Waals surface area contributed by atoms with E-state index in [-0.39, 0.29) is 0 Å². The summed E-state index contributed by atoms with van der Waals surface area (Å²) in [6.45, 7) is 0. The molecular weight excluding hydrogens is 190 g/mol. The molecule has 1 rings (SSSR count). The number of carbonyl (C=O) groups is 1. The molecule has 0 amide bonds. The maximum Gasteiger partial charge on any atom is 0.403 e. The standard InChI is InChI=1S/C12H13NO2/c1-13(2)15-12(14)10-6-9-11-7-4-3-5-8-11/h3-5,7-8H,9H2,1-2H3. The summed E-state index contributed by atoms with van der Waals surface area (Å²) in [6, 6.07) is 9.75. The molecule has 0 bridgehead atoms. The minimum absolute atomic E-state index is 0.532. The Labute approximate surface area is 89.6 Å². The number of carbonyl (C=O) groups excluding carboxylic acids is 1. The van der Waals surface area contributed by atoms with Gasteiger partial charge >= 0.3 is 5.97 Å². The van der Waals surface area contributed by atoms with Crippen molar-refractivity contribution in [3.8, 4) is 11.8 Å². The Balaban J connectivity index is 2.43. The molecule has 0 unspecified atom stereocenters. The van der Waals surface area contributed by atoms with E-state index >= 15 is 0 Å². The van der Waals surface area contributed by atoms with E-state index in [1.807, 2.05) is 30.3 Å². The summed E-state index contributed by atoms with van der Waals surface area (Å²) in [5.41, 5.74) is 1.09. The van der Waals surface area contributed by atoms with Crippen molar-refractivity contribution in [2.45, 2.75) is 6.42 Å². The highest BCUT2D eigenvalue weighted by Crippen LogP contribution is 1.97. The van der Waals surface area contributed by atoms with Crippen molar-refractivity contribution in [3.05, 3.63) is 35.9 Å². The maximum atomic E-state index is 11.0. The first kappa shape index (κ1) is 11.3. The Kier molecular flexibility index (Phi) is 4.39. The van der Waals surface area contributed by atoms with E-state index in [0.717, 1.165) is 5.56 Å². The average molecular weight is 203 g/mol. The lowest BCUT2D eigenvalue weighted by Crippen LogP contribution is -2.16. The summed E-state index contributed by atoms with van der Waals surface area (Å²) in [7, 11) is 3.27. The van der Waals surface area contributed by atoms with Crippen molar-refractivity contribution in [2.24, 2.45) is 0 Å². The van der Waals surface area contributed by atoms with Gasteiger partial charge < -0.3 is 4.84 Å². The van der Waals surface area contributed by atoms with Gasteiger partial charge in [0.1, 0.15) is 0 Å². The molecule has 0 radical (unpaired) electrons. The first-order chi connectivity index (χ1) is 7.18. The molecule has 78 valence electrons. The van der Waals surface area contributed by atoms with Crippen molar-refractivity contribution in [1.82, 2.24) is 5.06 Å². The van der Waals surface area contributed by atoms with Crippen LogP contribution < -0.4 is 0 Å². The molecule has 1 aromatic carbocycles. The number of hydrogen-bond acceptors (Lipinski definition) is 3. The van der Waals surface area contributed by atoms with Crippen molar-refractivity contribution in [3.63, 3.8) is 0 Å². The lowest BCUT2D eigenvalue weighted by Gasteiger charge is -2.05. The predicted octanol–water partition coefficient (Wildman–Crippen LogP) is 1.25. The molecule has 0 atom stereocenters. The van der Waals surface area contributed by atoms with Gasteiger partial charge in [0, 0.05) is 26.4 Å². The molecule has 0 aliphatic heterocycles. The normalized spacial score (nSPS) is 9.27. The van der Waals surface area contributed by atoms with Crippen LogP contribution in [0.15, 0.2) is 30.3 Å². The second-order valence-electron chi connectivity index (χ2n) is 3.16. The molecule has 0 aliphatic rings. The van der Waals surface area contributed by atoms with Gasteiger partial charge in [0.25, 0.3) is 0 Å². The smallest absolute Gasteiger partial charge is 0.358 e. The van der Waals surface area contributed by atoms with Gasteiger partial charge in [-0.2, -0.15) is 0 Å². The van der Waals surface area contributed by atoms with Crippen LogP contribution in [0.3, 0.4) is 0 Å². The van der Waals surface area contributed by atoms with Gasteiger partial charge in [-0.05, 0) is 5.56 Å². The summed E-state index contributed by atoms with van der Waals surface area (Å²) >= 11 is 0. The summed E-state index contributed by atoms with van der Waals surface area (Å²) in [6.07, 6.45) is 0.559. The second kappa shape index (κ2) is 5.84. The van der Waals surface area contributed by atoms with Gasteiger partial charge in [-0.1, -0.05) is 36.3 Å². The third-order valence-corrected chi connectivity index (χ3v) is 1.59. The Morgan fingerprint density at radius 2 is 2.00 bits per heavy atom. The van der Waals surface area contributed by atoms with E-state index in [9.17, 15) is 4.79 Å². The predicted molar refractivity (Wildman–Crippen MR) is 57.7 cm³/mol. The van der Waals surface area contributed by atoms with Gasteiger partial charge in [-0.25, -0.2) is 4.79 Å². The lowest BCUT2D eigenvalue weighted by atomic mass is 10.2. The molecule has 3 nitrogen and oxygen atoms in total. The first-order valence-electron chi connectivity index (χ1n) is 4.60. The Bertz CT molecular complexity index is 374. The van der Waals surface area contributed by atoms with Crippen molar-refractivity contribution < 1.29 is 9.63 Å². The third kappa shape index (κ3) is 4.84. The molecule has 0 aliphatic carbocycles. The van der Waals surface area contributed by atoms with E-state index in [4.69, 9.17) is 4.84 Å². The monoisotopic (exact) mass is 203 g/mol. The van der Waals surface area contributed by atoms with E-state index in [2.05, 4.69) is 11.8 Å². The molecule has 15 heavy (non-hydrogen) atoms. The van der Waals surface area contributed by atoms with Crippen LogP contribution in [0.25, 0.3) is 0 Å². The number of hydroxylamine groups is 2. The zero-order valence-electron chi connectivity index (χ0n) is 8.86. The van der Waals surface area contributed by atoms with Gasteiger partial charge in [-0.15, -0.1) is 5.06 Å². The molecule has 3 heteroatoms. The van der Waals surface area contributed by atoms with Crippen molar-refractivity contribution >= 4 is 5.97 Å². The highest BCUT2D eigenvalue weighted by atomic mass is 16.7. The summed E-state index contributed by atoms with van der Waals surface area (Å²) < 4.78 is 0. The van der Waals surface area contributed by atoms with Crippen LogP contribution in [-0.4, -0.2) is 25.1 Å². The Hall–Kier alpha value is -1.79. The summed E-state index contributed by atoms with van der Waals surface area (Å²) in [5, 5.41) is 1.32. The van der Waals surface area contributed by atoms with Gasteiger partial charge in [0.2, 0.25) is 0 Å². The Morgan fingerprint density at radius 3 is 2.60 bits per heavy atom. The van der Waals surface area contributed by atoms with Crippen molar-refractivity contribution in [2.75, 3.05) is 14.1 Å². The minimum atomic E-state index is -0.532. The van der Waals surface area contributed by atoms with Gasteiger partial charge in [0.15, 0.2) is 0 Å². The number of nitrogens with zero attached hydrogens (tertiary/aromatic N) is 1. The molecule has 0 N–H and O–H groups in total. The van der Waals surface area contributed by atoms with Crippen LogP contribution >= 0.6 is 0 Å². The molecule has 0 spiro atoms.